The summed E-state index contributed by atoms with van der Waals surface area (Å²) >= 11 is 0. The van der Waals surface area contributed by atoms with Crippen molar-refractivity contribution in [2.75, 3.05) is 0 Å². The first-order chi connectivity index (χ1) is 12.6. The van der Waals surface area contributed by atoms with Gasteiger partial charge in [-0.2, -0.15) is 13.2 Å². The third-order valence-electron chi connectivity index (χ3n) is 3.85. The lowest BCUT2D eigenvalue weighted by Crippen LogP contribution is -2.37. The van der Waals surface area contributed by atoms with Crippen LogP contribution in [0, 0.1) is 5.92 Å². The highest BCUT2D eigenvalue weighted by Crippen LogP contribution is 2.32. The summed E-state index contributed by atoms with van der Waals surface area (Å²) in [5.41, 5.74) is -0.00899. The number of alkyl halides is 3. The van der Waals surface area contributed by atoms with Crippen LogP contribution in [-0.4, -0.2) is 17.1 Å². The topological polar surface area (TPSA) is 58.6 Å². The van der Waals surface area contributed by atoms with Crippen LogP contribution in [0.2, 0.25) is 0 Å². The van der Waals surface area contributed by atoms with Crippen molar-refractivity contribution in [3.8, 4) is 11.5 Å². The Labute approximate surface area is 156 Å². The molecule has 2 aromatic carbocycles. The summed E-state index contributed by atoms with van der Waals surface area (Å²) in [4.78, 5) is 11.3. The molecule has 146 valence electrons. The molecule has 1 unspecified atom stereocenters. The van der Waals surface area contributed by atoms with Crippen molar-refractivity contribution < 1.29 is 27.8 Å². The maximum absolute atomic E-state index is 12.8. The van der Waals surface area contributed by atoms with Crippen LogP contribution in [0.15, 0.2) is 48.5 Å². The quantitative estimate of drug-likeness (QED) is 0.669. The second kappa shape index (κ2) is 8.90. The van der Waals surface area contributed by atoms with E-state index in [1.807, 2.05) is 13.8 Å². The van der Waals surface area contributed by atoms with Crippen LogP contribution < -0.4 is 10.1 Å². The van der Waals surface area contributed by atoms with Crippen molar-refractivity contribution >= 4 is 5.97 Å². The first-order valence-electron chi connectivity index (χ1n) is 8.55. The lowest BCUT2D eigenvalue weighted by molar-refractivity contribution is -0.140. The number of carboxylic acids is 1. The van der Waals surface area contributed by atoms with Crippen LogP contribution in [0.25, 0.3) is 0 Å². The molecule has 27 heavy (non-hydrogen) atoms. The highest BCUT2D eigenvalue weighted by Gasteiger charge is 2.30. The van der Waals surface area contributed by atoms with E-state index in [9.17, 15) is 23.1 Å². The third-order valence-corrected chi connectivity index (χ3v) is 3.85. The molecule has 0 aliphatic carbocycles. The number of hydrogen-bond donors (Lipinski definition) is 2. The predicted molar refractivity (Wildman–Crippen MR) is 95.7 cm³/mol. The van der Waals surface area contributed by atoms with E-state index in [4.69, 9.17) is 4.74 Å². The van der Waals surface area contributed by atoms with Crippen molar-refractivity contribution in [3.05, 3.63) is 59.7 Å². The molecule has 0 radical (unpaired) electrons. The Morgan fingerprint density at radius 1 is 1.11 bits per heavy atom. The van der Waals surface area contributed by atoms with Crippen LogP contribution in [0.4, 0.5) is 13.2 Å². The molecule has 0 heterocycles. The van der Waals surface area contributed by atoms with Gasteiger partial charge < -0.3 is 15.2 Å². The molecule has 0 amide bonds. The monoisotopic (exact) mass is 381 g/mol. The van der Waals surface area contributed by atoms with Crippen molar-refractivity contribution in [1.29, 1.82) is 0 Å². The summed E-state index contributed by atoms with van der Waals surface area (Å²) in [6.45, 7) is 4.20. The lowest BCUT2D eigenvalue weighted by Gasteiger charge is -2.17. The number of aliphatic carboxylic acids is 1. The number of carboxylic acid groups (broad SMARTS) is 1. The van der Waals surface area contributed by atoms with Gasteiger partial charge in [0.25, 0.3) is 0 Å². The maximum atomic E-state index is 12.8. The number of carbonyl (C=O) groups is 1. The van der Waals surface area contributed by atoms with E-state index in [2.05, 4.69) is 5.32 Å². The van der Waals surface area contributed by atoms with E-state index in [-0.39, 0.29) is 11.7 Å². The Morgan fingerprint density at radius 2 is 1.74 bits per heavy atom. The van der Waals surface area contributed by atoms with Gasteiger partial charge in [0.05, 0.1) is 5.56 Å². The fourth-order valence-corrected chi connectivity index (χ4v) is 2.57. The predicted octanol–water partition coefficient (Wildman–Crippen LogP) is 5.09. The Morgan fingerprint density at radius 3 is 2.33 bits per heavy atom. The van der Waals surface area contributed by atoms with Gasteiger partial charge in [-0.25, -0.2) is 0 Å². The van der Waals surface area contributed by atoms with Gasteiger partial charge in [0, 0.05) is 6.54 Å². The normalized spacial score (nSPS) is 12.8. The maximum Gasteiger partial charge on any atom is 0.416 e. The summed E-state index contributed by atoms with van der Waals surface area (Å²) < 4.78 is 43.9. The molecule has 0 aliphatic rings. The molecule has 0 fully saturated rings. The largest absolute Gasteiger partial charge is 0.480 e. The summed E-state index contributed by atoms with van der Waals surface area (Å²) in [5.74, 6) is -0.225. The van der Waals surface area contributed by atoms with E-state index >= 15 is 0 Å². The number of rotatable bonds is 8. The molecule has 0 bridgehead atoms. The molecule has 0 saturated heterocycles. The Kier molecular flexibility index (Phi) is 6.85. The number of hydrogen-bond acceptors (Lipinski definition) is 3. The van der Waals surface area contributed by atoms with E-state index < -0.39 is 23.8 Å². The highest BCUT2D eigenvalue weighted by atomic mass is 19.4. The van der Waals surface area contributed by atoms with Gasteiger partial charge in [-0.1, -0.05) is 32.0 Å². The number of nitrogens with one attached hydrogen (secondary N) is 1. The van der Waals surface area contributed by atoms with Gasteiger partial charge in [-0.15, -0.1) is 0 Å². The first kappa shape index (κ1) is 20.8. The van der Waals surface area contributed by atoms with E-state index in [1.54, 1.807) is 24.3 Å². The van der Waals surface area contributed by atoms with Crippen molar-refractivity contribution in [1.82, 2.24) is 5.32 Å². The van der Waals surface area contributed by atoms with Gasteiger partial charge in [-0.05, 0) is 48.2 Å². The van der Waals surface area contributed by atoms with Crippen LogP contribution in [0.3, 0.4) is 0 Å². The fourth-order valence-electron chi connectivity index (χ4n) is 2.57. The molecule has 4 nitrogen and oxygen atoms in total. The average molecular weight is 381 g/mol. The van der Waals surface area contributed by atoms with Crippen molar-refractivity contribution in [2.45, 2.75) is 39.0 Å². The minimum Gasteiger partial charge on any atom is -0.480 e. The third kappa shape index (κ3) is 6.60. The Hall–Kier alpha value is -2.54. The molecule has 0 aromatic heterocycles. The molecule has 0 aliphatic heterocycles. The van der Waals surface area contributed by atoms with Gasteiger partial charge in [0.1, 0.15) is 17.5 Å². The molecule has 2 rings (SSSR count). The minimum absolute atomic E-state index is 0.0816. The molecule has 2 aromatic rings. The summed E-state index contributed by atoms with van der Waals surface area (Å²) in [6, 6.07) is 10.8. The first-order valence-corrected chi connectivity index (χ1v) is 8.55. The fraction of sp³-hybridized carbons (Fsp3) is 0.350. The number of halogens is 3. The summed E-state index contributed by atoms with van der Waals surface area (Å²) in [5, 5.41) is 12.2. The summed E-state index contributed by atoms with van der Waals surface area (Å²) in [7, 11) is 0. The van der Waals surface area contributed by atoms with Crippen LogP contribution in [-0.2, 0) is 17.5 Å². The van der Waals surface area contributed by atoms with Crippen LogP contribution in [0.5, 0.6) is 11.5 Å². The highest BCUT2D eigenvalue weighted by molar-refractivity contribution is 5.73. The summed E-state index contributed by atoms with van der Waals surface area (Å²) in [6.07, 6.45) is -3.94. The average Bonchev–Trinajstić information content (AvgIpc) is 2.58. The van der Waals surface area contributed by atoms with Crippen LogP contribution in [0.1, 0.15) is 31.4 Å². The van der Waals surface area contributed by atoms with Gasteiger partial charge in [0.15, 0.2) is 0 Å². The standard InChI is InChI=1S/C20H22F3NO3/c1-13(2)9-18(19(25)26)24-12-14-5-3-7-16(10-14)27-17-8-4-6-15(11-17)20(21,22)23/h3-8,10-11,13,18,24H,9,12H2,1-2H3,(H,25,26). The lowest BCUT2D eigenvalue weighted by atomic mass is 10.0. The molecule has 7 heteroatoms. The van der Waals surface area contributed by atoms with Gasteiger partial charge >= 0.3 is 12.1 Å². The Balaban J connectivity index is 2.06. The Bertz CT molecular complexity index is 775. The molecule has 0 saturated carbocycles. The zero-order chi connectivity index (χ0) is 20.0. The number of ether oxygens (including phenoxy) is 1. The SMILES string of the molecule is CC(C)CC(NCc1cccc(Oc2cccc(C(F)(F)F)c2)c1)C(=O)O. The molecular formula is C20H22F3NO3. The smallest absolute Gasteiger partial charge is 0.416 e. The number of benzene rings is 2. The zero-order valence-corrected chi connectivity index (χ0v) is 15.1. The van der Waals surface area contributed by atoms with Gasteiger partial charge in [-0.3, -0.25) is 4.79 Å². The molecule has 2 N–H and O–H groups in total. The molecular weight excluding hydrogens is 359 g/mol. The van der Waals surface area contributed by atoms with Crippen molar-refractivity contribution in [3.63, 3.8) is 0 Å². The molecule has 1 atom stereocenters. The molecule has 0 spiro atoms. The van der Waals surface area contributed by atoms with Gasteiger partial charge in [0.2, 0.25) is 0 Å². The van der Waals surface area contributed by atoms with E-state index in [0.29, 0.717) is 18.7 Å². The van der Waals surface area contributed by atoms with Crippen LogP contribution >= 0.6 is 0 Å². The van der Waals surface area contributed by atoms with E-state index in [0.717, 1.165) is 17.7 Å². The second-order valence-electron chi connectivity index (χ2n) is 6.68. The minimum atomic E-state index is -4.44. The second-order valence-corrected chi connectivity index (χ2v) is 6.68. The zero-order valence-electron chi connectivity index (χ0n) is 15.1. The van der Waals surface area contributed by atoms with Crippen molar-refractivity contribution in [2.24, 2.45) is 5.92 Å². The van der Waals surface area contributed by atoms with E-state index in [1.165, 1.54) is 12.1 Å².